The number of aryl methyl sites for hydroxylation is 1. The Morgan fingerprint density at radius 2 is 2.05 bits per heavy atom. The summed E-state index contributed by atoms with van der Waals surface area (Å²) >= 11 is 5.97. The van der Waals surface area contributed by atoms with E-state index in [2.05, 4.69) is 30.2 Å². The highest BCUT2D eigenvalue weighted by atomic mass is 35.5. The maximum atomic E-state index is 5.97. The maximum Gasteiger partial charge on any atom is 0.231 e. The second-order valence-corrected chi connectivity index (χ2v) is 5.07. The third-order valence-corrected chi connectivity index (χ3v) is 3.48. The standard InChI is InChI=1S/C12H16ClN7/c1-19-7-4-14-9(19)8-15-11-16-10(13)17-12(18-11)20-5-2-3-6-20/h4,7H,2-3,5-6,8H2,1H3,(H,15,16,17,18). The van der Waals surface area contributed by atoms with Crippen molar-refractivity contribution in [3.63, 3.8) is 0 Å². The molecule has 20 heavy (non-hydrogen) atoms. The lowest BCUT2D eigenvalue weighted by molar-refractivity contribution is 0.803. The first-order valence-corrected chi connectivity index (χ1v) is 6.97. The predicted octanol–water partition coefficient (Wildman–Crippen LogP) is 1.47. The van der Waals surface area contributed by atoms with E-state index in [4.69, 9.17) is 11.6 Å². The fraction of sp³-hybridized carbons (Fsp3) is 0.500. The van der Waals surface area contributed by atoms with Crippen LogP contribution >= 0.6 is 11.6 Å². The zero-order valence-electron chi connectivity index (χ0n) is 11.3. The van der Waals surface area contributed by atoms with Gasteiger partial charge >= 0.3 is 0 Å². The Balaban J connectivity index is 1.74. The number of hydrogen-bond acceptors (Lipinski definition) is 6. The highest BCUT2D eigenvalue weighted by Gasteiger charge is 2.17. The molecular formula is C12H16ClN7. The van der Waals surface area contributed by atoms with E-state index in [1.54, 1.807) is 6.20 Å². The summed E-state index contributed by atoms with van der Waals surface area (Å²) in [6, 6.07) is 0. The largest absolute Gasteiger partial charge is 0.347 e. The van der Waals surface area contributed by atoms with Crippen molar-refractivity contribution in [3.05, 3.63) is 23.5 Å². The molecule has 0 saturated carbocycles. The summed E-state index contributed by atoms with van der Waals surface area (Å²) in [7, 11) is 1.94. The third-order valence-electron chi connectivity index (χ3n) is 3.31. The number of halogens is 1. The van der Waals surface area contributed by atoms with Crippen LogP contribution in [0.4, 0.5) is 11.9 Å². The van der Waals surface area contributed by atoms with Crippen LogP contribution in [0.1, 0.15) is 18.7 Å². The van der Waals surface area contributed by atoms with Crippen LogP contribution in [0.25, 0.3) is 0 Å². The van der Waals surface area contributed by atoms with Crippen molar-refractivity contribution in [2.75, 3.05) is 23.3 Å². The maximum absolute atomic E-state index is 5.97. The van der Waals surface area contributed by atoms with Gasteiger partial charge in [-0.25, -0.2) is 4.98 Å². The predicted molar refractivity (Wildman–Crippen MR) is 76.8 cm³/mol. The van der Waals surface area contributed by atoms with Gasteiger partial charge in [0.25, 0.3) is 0 Å². The summed E-state index contributed by atoms with van der Waals surface area (Å²) in [6.45, 7) is 2.49. The van der Waals surface area contributed by atoms with Crippen molar-refractivity contribution in [3.8, 4) is 0 Å². The van der Waals surface area contributed by atoms with E-state index in [1.807, 2.05) is 17.8 Å². The minimum atomic E-state index is 0.212. The van der Waals surface area contributed by atoms with Crippen molar-refractivity contribution in [2.24, 2.45) is 7.05 Å². The minimum absolute atomic E-state index is 0.212. The SMILES string of the molecule is Cn1ccnc1CNc1nc(Cl)nc(N2CCCC2)n1. The number of imidazole rings is 1. The Kier molecular flexibility index (Phi) is 3.68. The van der Waals surface area contributed by atoms with E-state index in [-0.39, 0.29) is 5.28 Å². The number of aromatic nitrogens is 5. The molecule has 8 heteroatoms. The van der Waals surface area contributed by atoms with E-state index in [0.29, 0.717) is 18.4 Å². The highest BCUT2D eigenvalue weighted by molar-refractivity contribution is 6.28. The Labute approximate surface area is 122 Å². The lowest BCUT2D eigenvalue weighted by Gasteiger charge is -2.15. The average Bonchev–Trinajstić information content (AvgIpc) is 3.07. The smallest absolute Gasteiger partial charge is 0.231 e. The molecule has 0 aromatic carbocycles. The van der Waals surface area contributed by atoms with Crippen LogP contribution < -0.4 is 10.2 Å². The third kappa shape index (κ3) is 2.82. The summed E-state index contributed by atoms with van der Waals surface area (Å²) in [5, 5.41) is 3.35. The van der Waals surface area contributed by atoms with Gasteiger partial charge in [-0.3, -0.25) is 0 Å². The van der Waals surface area contributed by atoms with Crippen molar-refractivity contribution in [1.29, 1.82) is 0 Å². The second-order valence-electron chi connectivity index (χ2n) is 4.73. The Morgan fingerprint density at radius 1 is 1.25 bits per heavy atom. The molecule has 0 amide bonds. The molecule has 7 nitrogen and oxygen atoms in total. The Bertz CT molecular complexity index is 591. The first-order valence-electron chi connectivity index (χ1n) is 6.59. The van der Waals surface area contributed by atoms with E-state index in [1.165, 1.54) is 12.8 Å². The number of nitrogens with one attached hydrogen (secondary N) is 1. The van der Waals surface area contributed by atoms with Gasteiger partial charge in [-0.1, -0.05) is 0 Å². The van der Waals surface area contributed by atoms with Gasteiger partial charge in [0.2, 0.25) is 17.2 Å². The van der Waals surface area contributed by atoms with Gasteiger partial charge in [0.15, 0.2) is 0 Å². The van der Waals surface area contributed by atoms with Crippen LogP contribution in [0.2, 0.25) is 5.28 Å². The molecular weight excluding hydrogens is 278 g/mol. The molecule has 1 aliphatic rings. The zero-order chi connectivity index (χ0) is 13.9. The van der Waals surface area contributed by atoms with Gasteiger partial charge in [0.05, 0.1) is 6.54 Å². The summed E-state index contributed by atoms with van der Waals surface area (Å²) in [4.78, 5) is 19.1. The molecule has 0 atom stereocenters. The molecule has 0 unspecified atom stereocenters. The van der Waals surface area contributed by atoms with Gasteiger partial charge in [-0.05, 0) is 24.4 Å². The molecule has 1 aliphatic heterocycles. The van der Waals surface area contributed by atoms with Gasteiger partial charge in [-0.2, -0.15) is 15.0 Å². The fourth-order valence-corrected chi connectivity index (χ4v) is 2.36. The van der Waals surface area contributed by atoms with Crippen LogP contribution in [0.15, 0.2) is 12.4 Å². The quantitative estimate of drug-likeness (QED) is 0.920. The molecule has 3 rings (SSSR count). The van der Waals surface area contributed by atoms with Crippen LogP contribution in [0.3, 0.4) is 0 Å². The van der Waals surface area contributed by atoms with Crippen molar-refractivity contribution in [1.82, 2.24) is 24.5 Å². The molecule has 0 spiro atoms. The van der Waals surface area contributed by atoms with E-state index < -0.39 is 0 Å². The van der Waals surface area contributed by atoms with Gasteiger partial charge < -0.3 is 14.8 Å². The Hall–Kier alpha value is -1.89. The monoisotopic (exact) mass is 293 g/mol. The van der Waals surface area contributed by atoms with Crippen molar-refractivity contribution in [2.45, 2.75) is 19.4 Å². The fourth-order valence-electron chi connectivity index (χ4n) is 2.20. The summed E-state index contributed by atoms with van der Waals surface area (Å²) < 4.78 is 1.94. The second kappa shape index (κ2) is 5.62. The summed E-state index contributed by atoms with van der Waals surface area (Å²) in [6.07, 6.45) is 5.98. The van der Waals surface area contributed by atoms with Gasteiger partial charge in [-0.15, -0.1) is 0 Å². The number of nitrogens with zero attached hydrogens (tertiary/aromatic N) is 6. The van der Waals surface area contributed by atoms with Gasteiger partial charge in [0, 0.05) is 32.5 Å². The molecule has 1 N–H and O–H groups in total. The molecule has 0 radical (unpaired) electrons. The first kappa shape index (κ1) is 13.1. The van der Waals surface area contributed by atoms with Crippen LogP contribution in [-0.2, 0) is 13.6 Å². The molecule has 2 aromatic rings. The molecule has 106 valence electrons. The summed E-state index contributed by atoms with van der Waals surface area (Å²) in [5.41, 5.74) is 0. The van der Waals surface area contributed by atoms with Crippen LogP contribution in [-0.4, -0.2) is 37.6 Å². The Morgan fingerprint density at radius 3 is 2.75 bits per heavy atom. The van der Waals surface area contributed by atoms with E-state index in [0.717, 1.165) is 18.9 Å². The van der Waals surface area contributed by atoms with E-state index in [9.17, 15) is 0 Å². The number of rotatable bonds is 4. The first-order chi connectivity index (χ1) is 9.72. The highest BCUT2D eigenvalue weighted by Crippen LogP contribution is 2.18. The van der Waals surface area contributed by atoms with E-state index >= 15 is 0 Å². The molecule has 2 aromatic heterocycles. The molecule has 0 aliphatic carbocycles. The lowest BCUT2D eigenvalue weighted by Crippen LogP contribution is -2.21. The lowest BCUT2D eigenvalue weighted by atomic mass is 10.4. The molecule has 1 saturated heterocycles. The number of anilines is 2. The van der Waals surface area contributed by atoms with Crippen LogP contribution in [0, 0.1) is 0 Å². The topological polar surface area (TPSA) is 71.8 Å². The molecule has 0 bridgehead atoms. The normalized spacial score (nSPS) is 14.8. The minimum Gasteiger partial charge on any atom is -0.347 e. The molecule has 1 fully saturated rings. The van der Waals surface area contributed by atoms with Crippen molar-refractivity contribution >= 4 is 23.5 Å². The zero-order valence-corrected chi connectivity index (χ0v) is 12.0. The van der Waals surface area contributed by atoms with Gasteiger partial charge in [0.1, 0.15) is 5.82 Å². The summed E-state index contributed by atoms with van der Waals surface area (Å²) in [5.74, 6) is 2.03. The number of hydrogen-bond donors (Lipinski definition) is 1. The average molecular weight is 294 g/mol. The van der Waals surface area contributed by atoms with Crippen molar-refractivity contribution < 1.29 is 0 Å². The molecule has 3 heterocycles. The van der Waals surface area contributed by atoms with Crippen LogP contribution in [0.5, 0.6) is 0 Å².